The maximum Gasteiger partial charge on any atom is 0.247 e. The second-order valence-corrected chi connectivity index (χ2v) is 6.23. The summed E-state index contributed by atoms with van der Waals surface area (Å²) in [5, 5.41) is 0. The second kappa shape index (κ2) is 6.97. The molecule has 0 aromatic heterocycles. The van der Waals surface area contributed by atoms with E-state index in [0.717, 1.165) is 16.9 Å². The molecule has 1 unspecified atom stereocenters. The highest BCUT2D eigenvalue weighted by molar-refractivity contribution is 5.91. The highest BCUT2D eigenvalue weighted by atomic mass is 16.5. The van der Waals surface area contributed by atoms with E-state index >= 15 is 0 Å². The summed E-state index contributed by atoms with van der Waals surface area (Å²) in [6.45, 7) is 1.52. The van der Waals surface area contributed by atoms with E-state index in [1.165, 1.54) is 6.92 Å². The number of ether oxygens (including phenoxy) is 1. The lowest BCUT2D eigenvalue weighted by Gasteiger charge is -2.29. The molecule has 0 radical (unpaired) electrons. The van der Waals surface area contributed by atoms with Crippen molar-refractivity contribution in [1.82, 2.24) is 9.80 Å². The molecule has 130 valence electrons. The molecule has 5 nitrogen and oxygen atoms in total. The Morgan fingerprint density at radius 3 is 2.28 bits per heavy atom. The predicted molar refractivity (Wildman–Crippen MR) is 95.0 cm³/mol. The summed E-state index contributed by atoms with van der Waals surface area (Å²) < 4.78 is 5.17. The number of amides is 2. The van der Waals surface area contributed by atoms with Gasteiger partial charge < -0.3 is 14.5 Å². The fraction of sp³-hybridized carbons (Fsp3) is 0.300. The molecule has 25 heavy (non-hydrogen) atoms. The molecule has 1 aliphatic rings. The number of hydrogen-bond donors (Lipinski definition) is 0. The minimum atomic E-state index is -0.499. The summed E-state index contributed by atoms with van der Waals surface area (Å²) in [5.74, 6) is 0.620. The maximum atomic E-state index is 12.8. The fourth-order valence-electron chi connectivity index (χ4n) is 3.40. The Labute approximate surface area is 147 Å². The first kappa shape index (κ1) is 17.0. The van der Waals surface area contributed by atoms with Crippen molar-refractivity contribution >= 4 is 11.8 Å². The average Bonchev–Trinajstić information content (AvgIpc) is 2.88. The van der Waals surface area contributed by atoms with Crippen molar-refractivity contribution in [2.45, 2.75) is 25.6 Å². The van der Waals surface area contributed by atoms with Crippen LogP contribution in [0.3, 0.4) is 0 Å². The second-order valence-electron chi connectivity index (χ2n) is 6.23. The summed E-state index contributed by atoms with van der Waals surface area (Å²) >= 11 is 0. The van der Waals surface area contributed by atoms with Crippen LogP contribution in [0.1, 0.15) is 24.2 Å². The largest absolute Gasteiger partial charge is 0.497 e. The molecule has 0 bridgehead atoms. The summed E-state index contributed by atoms with van der Waals surface area (Å²) in [4.78, 5) is 28.5. The van der Waals surface area contributed by atoms with Crippen molar-refractivity contribution in [1.29, 1.82) is 0 Å². The molecule has 0 saturated carbocycles. The molecule has 1 saturated heterocycles. The maximum absolute atomic E-state index is 12.8. The zero-order valence-corrected chi connectivity index (χ0v) is 14.7. The number of methoxy groups -OCH3 is 1. The summed E-state index contributed by atoms with van der Waals surface area (Å²) in [6.07, 6.45) is 0.116. The molecule has 3 rings (SSSR count). The van der Waals surface area contributed by atoms with Crippen LogP contribution >= 0.6 is 0 Å². The third-order valence-corrected chi connectivity index (χ3v) is 4.65. The van der Waals surface area contributed by atoms with E-state index in [9.17, 15) is 9.59 Å². The van der Waals surface area contributed by atoms with Crippen LogP contribution in [0.25, 0.3) is 0 Å². The van der Waals surface area contributed by atoms with Crippen LogP contribution in [0, 0.1) is 0 Å². The van der Waals surface area contributed by atoms with E-state index in [4.69, 9.17) is 4.74 Å². The van der Waals surface area contributed by atoms with Gasteiger partial charge in [0.1, 0.15) is 18.0 Å². The van der Waals surface area contributed by atoms with Gasteiger partial charge in [-0.3, -0.25) is 9.59 Å². The van der Waals surface area contributed by atoms with Crippen LogP contribution in [0.4, 0.5) is 0 Å². The molecule has 2 atom stereocenters. The van der Waals surface area contributed by atoms with Gasteiger partial charge in [0.2, 0.25) is 11.8 Å². The van der Waals surface area contributed by atoms with Gasteiger partial charge in [-0.2, -0.15) is 0 Å². The monoisotopic (exact) mass is 338 g/mol. The van der Waals surface area contributed by atoms with E-state index in [-0.39, 0.29) is 18.0 Å². The van der Waals surface area contributed by atoms with Crippen molar-refractivity contribution < 1.29 is 14.3 Å². The van der Waals surface area contributed by atoms with E-state index in [1.807, 2.05) is 54.6 Å². The Balaban J connectivity index is 1.92. The average molecular weight is 338 g/mol. The molecular formula is C20H22N2O3. The summed E-state index contributed by atoms with van der Waals surface area (Å²) in [7, 11) is 3.37. The highest BCUT2D eigenvalue weighted by Gasteiger charge is 2.46. The number of benzene rings is 2. The number of likely N-dealkylation sites (N-methyl/N-ethyl adjacent to an activating group) is 1. The number of nitrogens with zero attached hydrogens (tertiary/aromatic N) is 2. The lowest BCUT2D eigenvalue weighted by atomic mass is 10.0. The third-order valence-electron chi connectivity index (χ3n) is 4.65. The zero-order chi connectivity index (χ0) is 18.0. The lowest BCUT2D eigenvalue weighted by molar-refractivity contribution is -0.134. The van der Waals surface area contributed by atoms with E-state index in [1.54, 1.807) is 24.0 Å². The van der Waals surface area contributed by atoms with Crippen LogP contribution < -0.4 is 4.74 Å². The van der Waals surface area contributed by atoms with Gasteiger partial charge in [0.15, 0.2) is 0 Å². The Kier molecular flexibility index (Phi) is 4.74. The van der Waals surface area contributed by atoms with Crippen LogP contribution in [0.2, 0.25) is 0 Å². The Morgan fingerprint density at radius 1 is 1.08 bits per heavy atom. The zero-order valence-electron chi connectivity index (χ0n) is 14.7. The molecular weight excluding hydrogens is 316 g/mol. The number of rotatable bonds is 4. The van der Waals surface area contributed by atoms with Gasteiger partial charge in [-0.05, 0) is 23.3 Å². The van der Waals surface area contributed by atoms with Crippen LogP contribution in [-0.2, 0) is 16.0 Å². The summed E-state index contributed by atoms with van der Waals surface area (Å²) in [6, 6.07) is 16.7. The van der Waals surface area contributed by atoms with Gasteiger partial charge in [-0.25, -0.2) is 0 Å². The molecule has 5 heteroatoms. The van der Waals surface area contributed by atoms with Crippen LogP contribution in [0.15, 0.2) is 54.6 Å². The Morgan fingerprint density at radius 2 is 1.72 bits per heavy atom. The minimum absolute atomic E-state index is 0.0418. The Bertz CT molecular complexity index is 758. The van der Waals surface area contributed by atoms with Crippen molar-refractivity contribution in [3.05, 3.63) is 65.7 Å². The quantitative estimate of drug-likeness (QED) is 0.861. The van der Waals surface area contributed by atoms with Gasteiger partial charge in [-0.1, -0.05) is 42.5 Å². The SMILES string of the molecule is COc1ccc(C[C@@H]2C(=O)N(C)C(c3ccccc3)N2C(C)=O)cc1. The Hall–Kier alpha value is -2.82. The smallest absolute Gasteiger partial charge is 0.247 e. The topological polar surface area (TPSA) is 49.9 Å². The fourth-order valence-corrected chi connectivity index (χ4v) is 3.40. The number of carbonyl (C=O) groups excluding carboxylic acids is 2. The first-order chi connectivity index (χ1) is 12.0. The predicted octanol–water partition coefficient (Wildman–Crippen LogP) is 2.63. The van der Waals surface area contributed by atoms with Crippen LogP contribution in [-0.4, -0.2) is 41.8 Å². The van der Waals surface area contributed by atoms with Gasteiger partial charge in [0, 0.05) is 20.4 Å². The molecule has 0 spiro atoms. The standard InChI is InChI=1S/C20H22N2O3/c1-14(23)22-18(13-15-9-11-17(25-3)12-10-15)20(24)21(2)19(22)16-7-5-4-6-8-16/h4-12,18-19H,13H2,1-3H3/t18-,19?/m1/s1. The lowest BCUT2D eigenvalue weighted by Crippen LogP contribution is -2.39. The van der Waals surface area contributed by atoms with E-state index in [0.29, 0.717) is 6.42 Å². The van der Waals surface area contributed by atoms with Crippen molar-refractivity contribution in [2.24, 2.45) is 0 Å². The van der Waals surface area contributed by atoms with Gasteiger partial charge >= 0.3 is 0 Å². The van der Waals surface area contributed by atoms with Crippen molar-refractivity contribution in [3.63, 3.8) is 0 Å². The molecule has 2 aromatic rings. The van der Waals surface area contributed by atoms with E-state index < -0.39 is 6.04 Å². The third kappa shape index (κ3) is 3.22. The molecule has 0 N–H and O–H groups in total. The minimum Gasteiger partial charge on any atom is -0.497 e. The van der Waals surface area contributed by atoms with Gasteiger partial charge in [0.05, 0.1) is 7.11 Å². The number of hydrogen-bond acceptors (Lipinski definition) is 3. The molecule has 0 aliphatic carbocycles. The summed E-state index contributed by atoms with van der Waals surface area (Å²) in [5.41, 5.74) is 1.93. The van der Waals surface area contributed by atoms with Crippen molar-refractivity contribution in [2.75, 3.05) is 14.2 Å². The molecule has 1 aliphatic heterocycles. The normalized spacial score (nSPS) is 20.0. The first-order valence-corrected chi connectivity index (χ1v) is 8.26. The molecule has 2 aromatic carbocycles. The van der Waals surface area contributed by atoms with Crippen molar-refractivity contribution in [3.8, 4) is 5.75 Å². The first-order valence-electron chi connectivity index (χ1n) is 8.26. The van der Waals surface area contributed by atoms with Gasteiger partial charge in [0.25, 0.3) is 0 Å². The number of carbonyl (C=O) groups is 2. The molecule has 2 amide bonds. The van der Waals surface area contributed by atoms with Crippen LogP contribution in [0.5, 0.6) is 5.75 Å². The van der Waals surface area contributed by atoms with Gasteiger partial charge in [-0.15, -0.1) is 0 Å². The highest BCUT2D eigenvalue weighted by Crippen LogP contribution is 2.34. The van der Waals surface area contributed by atoms with E-state index in [2.05, 4.69) is 0 Å². The molecule has 1 fully saturated rings. The molecule has 1 heterocycles.